The number of aromatic nitrogens is 2. The summed E-state index contributed by atoms with van der Waals surface area (Å²) in [5.41, 5.74) is 2.65. The molecule has 1 N–H and O–H groups in total. The van der Waals surface area contributed by atoms with Gasteiger partial charge < -0.3 is 5.32 Å². The minimum atomic E-state index is -0.271. The van der Waals surface area contributed by atoms with Gasteiger partial charge in [0, 0.05) is 5.02 Å². The third kappa shape index (κ3) is 4.77. The fraction of sp³-hybridized carbons (Fsp3) is 0.0870. The number of hydrogen-bond donors (Lipinski definition) is 1. The Morgan fingerprint density at radius 1 is 1.06 bits per heavy atom. The monoisotopic (exact) mass is 469 g/mol. The van der Waals surface area contributed by atoms with E-state index in [1.54, 1.807) is 36.4 Å². The lowest BCUT2D eigenvalue weighted by molar-refractivity contribution is -0.113. The van der Waals surface area contributed by atoms with Gasteiger partial charge in [0.15, 0.2) is 5.16 Å². The van der Waals surface area contributed by atoms with Crippen molar-refractivity contribution in [2.24, 2.45) is 0 Å². The van der Waals surface area contributed by atoms with Crippen molar-refractivity contribution in [1.82, 2.24) is 9.55 Å². The smallest absolute Gasteiger partial charge is 0.266 e. The molecule has 0 unspecified atom stereocenters. The van der Waals surface area contributed by atoms with Crippen molar-refractivity contribution in [3.05, 3.63) is 92.7 Å². The molecule has 31 heavy (non-hydrogen) atoms. The van der Waals surface area contributed by atoms with Crippen molar-refractivity contribution in [1.29, 1.82) is 0 Å². The molecule has 0 spiro atoms. The van der Waals surface area contributed by atoms with Crippen LogP contribution in [-0.4, -0.2) is 21.2 Å². The second-order valence-electron chi connectivity index (χ2n) is 6.85. The minimum absolute atomic E-state index is 0.0512. The van der Waals surface area contributed by atoms with Gasteiger partial charge in [-0.2, -0.15) is 0 Å². The first kappa shape index (κ1) is 21.4. The van der Waals surface area contributed by atoms with E-state index in [0.29, 0.717) is 37.5 Å². The molecule has 1 heterocycles. The summed E-state index contributed by atoms with van der Waals surface area (Å²) in [7, 11) is 0. The van der Waals surface area contributed by atoms with E-state index in [1.807, 2.05) is 37.3 Å². The van der Waals surface area contributed by atoms with Gasteiger partial charge in [0.2, 0.25) is 5.91 Å². The Balaban J connectivity index is 1.66. The zero-order valence-corrected chi connectivity index (χ0v) is 18.8. The number of carbonyl (C=O) groups is 1. The standard InChI is InChI=1S/C23H17Cl2N3O2S/c1-14-6-9-16(10-7-14)28-22(30)17-4-2-3-5-19(17)27-23(28)31-13-21(29)26-20-11-8-15(24)12-18(20)25/h2-12H,13H2,1H3,(H,26,29). The molecule has 0 aliphatic heterocycles. The molecule has 156 valence electrons. The molecule has 0 radical (unpaired) electrons. The number of thioether (sulfide) groups is 1. The Labute approximate surface area is 193 Å². The van der Waals surface area contributed by atoms with E-state index in [-0.39, 0.29) is 17.2 Å². The number of benzene rings is 3. The Morgan fingerprint density at radius 2 is 1.81 bits per heavy atom. The summed E-state index contributed by atoms with van der Waals surface area (Å²) in [6.07, 6.45) is 0. The van der Waals surface area contributed by atoms with Crippen LogP contribution in [0.4, 0.5) is 5.69 Å². The zero-order chi connectivity index (χ0) is 22.0. The van der Waals surface area contributed by atoms with Crippen LogP contribution in [0.15, 0.2) is 76.7 Å². The van der Waals surface area contributed by atoms with Crippen molar-refractivity contribution < 1.29 is 4.79 Å². The highest BCUT2D eigenvalue weighted by Crippen LogP contribution is 2.26. The van der Waals surface area contributed by atoms with Crippen molar-refractivity contribution in [2.45, 2.75) is 12.1 Å². The van der Waals surface area contributed by atoms with E-state index >= 15 is 0 Å². The molecule has 4 aromatic rings. The topological polar surface area (TPSA) is 64.0 Å². The number of anilines is 1. The maximum Gasteiger partial charge on any atom is 0.266 e. The molecule has 0 atom stereocenters. The molecule has 4 rings (SSSR count). The maximum atomic E-state index is 13.2. The quantitative estimate of drug-likeness (QED) is 0.299. The molecule has 3 aromatic carbocycles. The average Bonchev–Trinajstić information content (AvgIpc) is 2.75. The SMILES string of the molecule is Cc1ccc(-n2c(SCC(=O)Nc3ccc(Cl)cc3Cl)nc3ccccc3c2=O)cc1. The fourth-order valence-corrected chi connectivity index (χ4v) is 4.31. The normalized spacial score (nSPS) is 10.9. The van der Waals surface area contributed by atoms with Gasteiger partial charge >= 0.3 is 0 Å². The number of hydrogen-bond acceptors (Lipinski definition) is 4. The molecule has 0 saturated heterocycles. The van der Waals surface area contributed by atoms with E-state index in [4.69, 9.17) is 23.2 Å². The van der Waals surface area contributed by atoms with Crippen LogP contribution < -0.4 is 10.9 Å². The second-order valence-corrected chi connectivity index (χ2v) is 8.63. The molecule has 0 aliphatic carbocycles. The molecular formula is C23H17Cl2N3O2S. The summed E-state index contributed by atoms with van der Waals surface area (Å²) in [6.45, 7) is 1.98. The summed E-state index contributed by atoms with van der Waals surface area (Å²) in [5.74, 6) is -0.220. The molecule has 5 nitrogen and oxygen atoms in total. The number of rotatable bonds is 5. The first-order valence-electron chi connectivity index (χ1n) is 9.39. The molecule has 0 bridgehead atoms. The second kappa shape index (κ2) is 9.14. The van der Waals surface area contributed by atoms with Gasteiger partial charge in [-0.1, -0.05) is 64.8 Å². The number of nitrogens with zero attached hydrogens (tertiary/aromatic N) is 2. The maximum absolute atomic E-state index is 13.2. The van der Waals surface area contributed by atoms with Gasteiger partial charge in [0.25, 0.3) is 5.56 Å². The number of fused-ring (bicyclic) bond motifs is 1. The summed E-state index contributed by atoms with van der Waals surface area (Å²) < 4.78 is 1.54. The first-order valence-corrected chi connectivity index (χ1v) is 11.1. The Hall–Kier alpha value is -2.80. The Bertz CT molecular complexity index is 1340. The van der Waals surface area contributed by atoms with E-state index in [1.165, 1.54) is 16.3 Å². The van der Waals surface area contributed by atoms with Crippen LogP contribution in [0.2, 0.25) is 10.0 Å². The molecular weight excluding hydrogens is 453 g/mol. The van der Waals surface area contributed by atoms with Gasteiger partial charge in [0.05, 0.1) is 33.1 Å². The summed E-state index contributed by atoms with van der Waals surface area (Å²) in [4.78, 5) is 30.4. The average molecular weight is 470 g/mol. The molecule has 0 fully saturated rings. The third-order valence-electron chi connectivity index (χ3n) is 4.57. The molecule has 1 aromatic heterocycles. The first-order chi connectivity index (χ1) is 14.9. The molecule has 1 amide bonds. The van der Waals surface area contributed by atoms with Gasteiger partial charge in [-0.05, 0) is 49.4 Å². The van der Waals surface area contributed by atoms with Crippen molar-refractivity contribution >= 4 is 57.5 Å². The van der Waals surface area contributed by atoms with Crippen molar-refractivity contribution in [3.8, 4) is 5.69 Å². The minimum Gasteiger partial charge on any atom is -0.324 e. The molecule has 0 saturated carbocycles. The highest BCUT2D eigenvalue weighted by Gasteiger charge is 2.15. The summed E-state index contributed by atoms with van der Waals surface area (Å²) in [5, 5.41) is 4.55. The van der Waals surface area contributed by atoms with Crippen LogP contribution >= 0.6 is 35.0 Å². The number of carbonyl (C=O) groups excluding carboxylic acids is 1. The number of nitrogens with one attached hydrogen (secondary N) is 1. The van der Waals surface area contributed by atoms with Gasteiger partial charge in [-0.25, -0.2) is 4.98 Å². The van der Waals surface area contributed by atoms with Crippen LogP contribution in [0.5, 0.6) is 0 Å². The highest BCUT2D eigenvalue weighted by atomic mass is 35.5. The zero-order valence-electron chi connectivity index (χ0n) is 16.4. The van der Waals surface area contributed by atoms with Gasteiger partial charge in [0.1, 0.15) is 0 Å². The molecule has 8 heteroatoms. The number of para-hydroxylation sites is 1. The van der Waals surface area contributed by atoms with Crippen molar-refractivity contribution in [2.75, 3.05) is 11.1 Å². The molecule has 0 aliphatic rings. The highest BCUT2D eigenvalue weighted by molar-refractivity contribution is 7.99. The number of halogens is 2. The third-order valence-corrected chi connectivity index (χ3v) is 6.06. The van der Waals surface area contributed by atoms with Crippen LogP contribution in [0.1, 0.15) is 5.56 Å². The van der Waals surface area contributed by atoms with E-state index in [0.717, 1.165) is 5.56 Å². The fourth-order valence-electron chi connectivity index (χ4n) is 3.04. The summed E-state index contributed by atoms with van der Waals surface area (Å²) >= 11 is 13.2. The lowest BCUT2D eigenvalue weighted by atomic mass is 10.2. The summed E-state index contributed by atoms with van der Waals surface area (Å²) in [6, 6.07) is 19.6. The van der Waals surface area contributed by atoms with Crippen LogP contribution in [0, 0.1) is 6.92 Å². The number of amides is 1. The predicted octanol–water partition coefficient (Wildman–Crippen LogP) is 5.73. The van der Waals surface area contributed by atoms with Gasteiger partial charge in [-0.15, -0.1) is 0 Å². The van der Waals surface area contributed by atoms with E-state index in [9.17, 15) is 9.59 Å². The Morgan fingerprint density at radius 3 is 2.55 bits per heavy atom. The predicted molar refractivity (Wildman–Crippen MR) is 128 cm³/mol. The largest absolute Gasteiger partial charge is 0.324 e. The van der Waals surface area contributed by atoms with E-state index in [2.05, 4.69) is 10.3 Å². The van der Waals surface area contributed by atoms with E-state index < -0.39 is 0 Å². The van der Waals surface area contributed by atoms with Crippen LogP contribution in [0.25, 0.3) is 16.6 Å². The lowest BCUT2D eigenvalue weighted by Gasteiger charge is -2.13. The van der Waals surface area contributed by atoms with Crippen molar-refractivity contribution in [3.63, 3.8) is 0 Å². The van der Waals surface area contributed by atoms with Crippen LogP contribution in [0.3, 0.4) is 0 Å². The number of aryl methyl sites for hydroxylation is 1. The van der Waals surface area contributed by atoms with Crippen LogP contribution in [-0.2, 0) is 4.79 Å². The Kier molecular flexibility index (Phi) is 6.32. The lowest BCUT2D eigenvalue weighted by Crippen LogP contribution is -2.23. The van der Waals surface area contributed by atoms with Gasteiger partial charge in [-0.3, -0.25) is 14.2 Å².